The van der Waals surface area contributed by atoms with Gasteiger partial charge in [-0.3, -0.25) is 0 Å². The maximum absolute atomic E-state index is 9.90. The monoisotopic (exact) mass is 218 g/mol. The number of ether oxygens (including phenoxy) is 1. The average Bonchev–Trinajstić information content (AvgIpc) is 2.83. The van der Waals surface area contributed by atoms with E-state index in [0.29, 0.717) is 6.42 Å². The van der Waals surface area contributed by atoms with Crippen LogP contribution < -0.4 is 4.74 Å². The Hall–Kier alpha value is -1.74. The molecule has 1 N–H and O–H groups in total. The molecule has 0 aliphatic heterocycles. The first-order chi connectivity index (χ1) is 7.79. The Labute approximate surface area is 94.3 Å². The number of aliphatic hydroxyl groups excluding tert-OH is 1. The van der Waals surface area contributed by atoms with Gasteiger partial charge in [0.2, 0.25) is 0 Å². The molecule has 0 radical (unpaired) electrons. The van der Waals surface area contributed by atoms with Crippen LogP contribution in [0.4, 0.5) is 0 Å². The van der Waals surface area contributed by atoms with E-state index in [0.717, 1.165) is 16.9 Å². The molecule has 1 heterocycles. The lowest BCUT2D eigenvalue weighted by Crippen LogP contribution is -2.00. The quantitative estimate of drug-likeness (QED) is 0.857. The number of furan rings is 1. The van der Waals surface area contributed by atoms with Gasteiger partial charge in [0, 0.05) is 12.0 Å². The van der Waals surface area contributed by atoms with Gasteiger partial charge in [0.05, 0.1) is 25.7 Å². The fourth-order valence-electron chi connectivity index (χ4n) is 1.57. The summed E-state index contributed by atoms with van der Waals surface area (Å²) in [6.07, 6.45) is 3.18. The lowest BCUT2D eigenvalue weighted by Gasteiger charge is -2.08. The van der Waals surface area contributed by atoms with E-state index >= 15 is 0 Å². The lowest BCUT2D eigenvalue weighted by atomic mass is 10.0. The summed E-state index contributed by atoms with van der Waals surface area (Å²) in [6, 6.07) is 9.44. The molecule has 0 saturated carbocycles. The van der Waals surface area contributed by atoms with Gasteiger partial charge in [0.15, 0.2) is 0 Å². The summed E-state index contributed by atoms with van der Waals surface area (Å²) in [5.41, 5.74) is 1.87. The summed E-state index contributed by atoms with van der Waals surface area (Å²) in [6.45, 7) is 0. The molecular formula is C13H14O3. The van der Waals surface area contributed by atoms with Crippen LogP contribution in [0.15, 0.2) is 47.3 Å². The molecule has 16 heavy (non-hydrogen) atoms. The van der Waals surface area contributed by atoms with Gasteiger partial charge < -0.3 is 14.3 Å². The third kappa shape index (κ3) is 2.44. The Balaban J connectivity index is 2.03. The lowest BCUT2D eigenvalue weighted by molar-refractivity contribution is 0.177. The second kappa shape index (κ2) is 4.86. The molecule has 3 nitrogen and oxygen atoms in total. The second-order valence-electron chi connectivity index (χ2n) is 3.62. The van der Waals surface area contributed by atoms with E-state index in [-0.39, 0.29) is 0 Å². The highest BCUT2D eigenvalue weighted by Gasteiger charge is 2.09. The molecule has 84 valence electrons. The Morgan fingerprint density at radius 2 is 2.00 bits per heavy atom. The van der Waals surface area contributed by atoms with Crippen molar-refractivity contribution < 1.29 is 14.3 Å². The minimum Gasteiger partial charge on any atom is -0.497 e. The van der Waals surface area contributed by atoms with Crippen LogP contribution in [0, 0.1) is 0 Å². The molecule has 0 fully saturated rings. The minimum absolute atomic E-state index is 0.521. The van der Waals surface area contributed by atoms with Crippen LogP contribution in [0.1, 0.15) is 17.2 Å². The highest BCUT2D eigenvalue weighted by Crippen LogP contribution is 2.20. The molecule has 0 aliphatic carbocycles. The molecule has 1 aromatic heterocycles. The van der Waals surface area contributed by atoms with Gasteiger partial charge in [0.25, 0.3) is 0 Å². The van der Waals surface area contributed by atoms with E-state index in [9.17, 15) is 5.11 Å². The van der Waals surface area contributed by atoms with Crippen molar-refractivity contribution in [3.05, 3.63) is 54.0 Å². The SMILES string of the molecule is COc1ccc(CC(O)c2ccoc2)cc1. The van der Waals surface area contributed by atoms with Crippen LogP contribution in [0.3, 0.4) is 0 Å². The van der Waals surface area contributed by atoms with E-state index in [2.05, 4.69) is 0 Å². The number of hydrogen-bond donors (Lipinski definition) is 1. The predicted octanol–water partition coefficient (Wildman–Crippen LogP) is 2.56. The number of benzene rings is 1. The van der Waals surface area contributed by atoms with Crippen LogP contribution in [0.2, 0.25) is 0 Å². The summed E-state index contributed by atoms with van der Waals surface area (Å²) >= 11 is 0. The zero-order chi connectivity index (χ0) is 11.4. The Morgan fingerprint density at radius 1 is 1.25 bits per heavy atom. The molecule has 2 rings (SSSR count). The van der Waals surface area contributed by atoms with Crippen molar-refractivity contribution in [1.82, 2.24) is 0 Å². The van der Waals surface area contributed by atoms with Gasteiger partial charge in [-0.05, 0) is 23.8 Å². The first-order valence-electron chi connectivity index (χ1n) is 5.12. The van der Waals surface area contributed by atoms with Gasteiger partial charge in [-0.1, -0.05) is 12.1 Å². The summed E-state index contributed by atoms with van der Waals surface area (Å²) in [5, 5.41) is 9.90. The van der Waals surface area contributed by atoms with Crippen LogP contribution in [0.25, 0.3) is 0 Å². The van der Waals surface area contributed by atoms with Crippen LogP contribution in [-0.2, 0) is 6.42 Å². The minimum atomic E-state index is -0.521. The number of aliphatic hydroxyl groups is 1. The van der Waals surface area contributed by atoms with Crippen LogP contribution >= 0.6 is 0 Å². The third-order valence-corrected chi connectivity index (χ3v) is 2.52. The first-order valence-corrected chi connectivity index (χ1v) is 5.12. The van der Waals surface area contributed by atoms with E-state index in [1.54, 1.807) is 25.7 Å². The maximum Gasteiger partial charge on any atom is 0.118 e. The van der Waals surface area contributed by atoms with Crippen molar-refractivity contribution in [2.75, 3.05) is 7.11 Å². The van der Waals surface area contributed by atoms with Crippen molar-refractivity contribution >= 4 is 0 Å². The molecule has 0 bridgehead atoms. The van der Waals surface area contributed by atoms with Crippen molar-refractivity contribution in [3.8, 4) is 5.75 Å². The fourth-order valence-corrected chi connectivity index (χ4v) is 1.57. The van der Waals surface area contributed by atoms with Gasteiger partial charge in [-0.25, -0.2) is 0 Å². The molecule has 1 atom stereocenters. The Kier molecular flexibility index (Phi) is 3.27. The first kappa shape index (κ1) is 10.8. The van der Waals surface area contributed by atoms with E-state index in [1.807, 2.05) is 24.3 Å². The molecular weight excluding hydrogens is 204 g/mol. The second-order valence-corrected chi connectivity index (χ2v) is 3.62. The summed E-state index contributed by atoms with van der Waals surface area (Å²) in [4.78, 5) is 0. The fraction of sp³-hybridized carbons (Fsp3) is 0.231. The standard InChI is InChI=1S/C13H14O3/c1-15-12-4-2-10(3-5-12)8-13(14)11-6-7-16-9-11/h2-7,9,13-14H,8H2,1H3. The van der Waals surface area contributed by atoms with Gasteiger partial charge in [-0.15, -0.1) is 0 Å². The average molecular weight is 218 g/mol. The number of methoxy groups -OCH3 is 1. The summed E-state index contributed by atoms with van der Waals surface area (Å²) in [7, 11) is 1.63. The highest BCUT2D eigenvalue weighted by atomic mass is 16.5. The zero-order valence-electron chi connectivity index (χ0n) is 9.09. The zero-order valence-corrected chi connectivity index (χ0v) is 9.09. The third-order valence-electron chi connectivity index (χ3n) is 2.52. The Morgan fingerprint density at radius 3 is 2.56 bits per heavy atom. The molecule has 0 aliphatic rings. The largest absolute Gasteiger partial charge is 0.497 e. The predicted molar refractivity (Wildman–Crippen MR) is 60.4 cm³/mol. The van der Waals surface area contributed by atoms with E-state index in [1.165, 1.54) is 0 Å². The van der Waals surface area contributed by atoms with E-state index in [4.69, 9.17) is 9.15 Å². The van der Waals surface area contributed by atoms with Crippen molar-refractivity contribution in [1.29, 1.82) is 0 Å². The summed E-state index contributed by atoms with van der Waals surface area (Å²) < 4.78 is 10.00. The normalized spacial score (nSPS) is 12.4. The van der Waals surface area contributed by atoms with Crippen molar-refractivity contribution in [2.45, 2.75) is 12.5 Å². The smallest absolute Gasteiger partial charge is 0.118 e. The topological polar surface area (TPSA) is 42.6 Å². The summed E-state index contributed by atoms with van der Waals surface area (Å²) in [5.74, 6) is 0.821. The molecule has 1 unspecified atom stereocenters. The molecule has 0 spiro atoms. The van der Waals surface area contributed by atoms with Crippen LogP contribution in [0.5, 0.6) is 5.75 Å². The molecule has 0 saturated heterocycles. The van der Waals surface area contributed by atoms with Gasteiger partial charge >= 0.3 is 0 Å². The molecule has 0 amide bonds. The Bertz CT molecular complexity index is 417. The molecule has 2 aromatic rings. The van der Waals surface area contributed by atoms with Gasteiger partial charge in [-0.2, -0.15) is 0 Å². The maximum atomic E-state index is 9.90. The number of hydrogen-bond acceptors (Lipinski definition) is 3. The highest BCUT2D eigenvalue weighted by molar-refractivity contribution is 5.28. The molecule has 3 heteroatoms. The van der Waals surface area contributed by atoms with Crippen molar-refractivity contribution in [3.63, 3.8) is 0 Å². The molecule has 1 aromatic carbocycles. The van der Waals surface area contributed by atoms with Crippen molar-refractivity contribution in [2.24, 2.45) is 0 Å². The van der Waals surface area contributed by atoms with Crippen LogP contribution in [-0.4, -0.2) is 12.2 Å². The van der Waals surface area contributed by atoms with Gasteiger partial charge in [0.1, 0.15) is 5.75 Å². The number of rotatable bonds is 4. The van der Waals surface area contributed by atoms with E-state index < -0.39 is 6.10 Å².